The minimum atomic E-state index is -0.510. The van der Waals surface area contributed by atoms with Crippen molar-refractivity contribution >= 4 is 5.69 Å². The summed E-state index contributed by atoms with van der Waals surface area (Å²) in [5.74, 6) is 0. The Labute approximate surface area is 114 Å². The van der Waals surface area contributed by atoms with Crippen molar-refractivity contribution in [3.63, 3.8) is 0 Å². The fraction of sp³-hybridized carbons (Fsp3) is 0.533. The van der Waals surface area contributed by atoms with E-state index >= 15 is 0 Å². The van der Waals surface area contributed by atoms with Crippen LogP contribution in [-0.4, -0.2) is 43.2 Å². The van der Waals surface area contributed by atoms with Crippen LogP contribution in [0.2, 0.25) is 0 Å². The van der Waals surface area contributed by atoms with Crippen molar-refractivity contribution < 1.29 is 5.11 Å². The number of rotatable bonds is 2. The van der Waals surface area contributed by atoms with Crippen molar-refractivity contribution in [1.82, 2.24) is 4.90 Å². The van der Waals surface area contributed by atoms with E-state index in [0.29, 0.717) is 5.56 Å². The van der Waals surface area contributed by atoms with Gasteiger partial charge in [0, 0.05) is 30.9 Å². The lowest BCUT2D eigenvalue weighted by molar-refractivity contribution is 0.199. The van der Waals surface area contributed by atoms with Gasteiger partial charge in [0.15, 0.2) is 0 Å². The van der Waals surface area contributed by atoms with Crippen LogP contribution in [0.25, 0.3) is 0 Å². The lowest BCUT2D eigenvalue weighted by Gasteiger charge is -2.26. The van der Waals surface area contributed by atoms with Crippen LogP contribution in [0, 0.1) is 11.3 Å². The molecule has 0 spiro atoms. The first-order chi connectivity index (χ1) is 9.11. The Bertz CT molecular complexity index is 479. The standard InChI is InChI=1S/C15H21N3O/c1-12(19)14-5-4-13(11-16)10-15(14)18-7-3-6-17(2)8-9-18/h4-5,10,12,19H,3,6-9H2,1-2H3/t12-/m0/s1. The molecular weight excluding hydrogens is 238 g/mol. The van der Waals surface area contributed by atoms with Crippen molar-refractivity contribution in [2.75, 3.05) is 38.1 Å². The Morgan fingerprint density at radius 3 is 2.74 bits per heavy atom. The second-order valence-corrected chi connectivity index (χ2v) is 5.21. The van der Waals surface area contributed by atoms with Crippen LogP contribution in [0.4, 0.5) is 5.69 Å². The Balaban J connectivity index is 2.33. The van der Waals surface area contributed by atoms with Gasteiger partial charge in [0.1, 0.15) is 0 Å². The van der Waals surface area contributed by atoms with Crippen molar-refractivity contribution in [2.24, 2.45) is 0 Å². The molecule has 4 heteroatoms. The number of aliphatic hydroxyl groups excluding tert-OH is 1. The molecule has 1 aromatic rings. The van der Waals surface area contributed by atoms with Crippen LogP contribution >= 0.6 is 0 Å². The van der Waals surface area contributed by atoms with Gasteiger partial charge in [0.05, 0.1) is 17.7 Å². The van der Waals surface area contributed by atoms with E-state index in [9.17, 15) is 5.11 Å². The minimum absolute atomic E-state index is 0.510. The molecule has 19 heavy (non-hydrogen) atoms. The molecule has 0 aliphatic carbocycles. The molecule has 1 aliphatic heterocycles. The zero-order chi connectivity index (χ0) is 13.8. The molecule has 0 amide bonds. The number of benzene rings is 1. The van der Waals surface area contributed by atoms with E-state index in [4.69, 9.17) is 5.26 Å². The summed E-state index contributed by atoms with van der Waals surface area (Å²) in [5.41, 5.74) is 2.56. The molecule has 1 N–H and O–H groups in total. The van der Waals surface area contributed by atoms with E-state index in [1.165, 1.54) is 0 Å². The van der Waals surface area contributed by atoms with E-state index < -0.39 is 6.10 Å². The van der Waals surface area contributed by atoms with Gasteiger partial charge in [-0.15, -0.1) is 0 Å². The van der Waals surface area contributed by atoms with Crippen LogP contribution in [0.15, 0.2) is 18.2 Å². The number of hydrogen-bond acceptors (Lipinski definition) is 4. The van der Waals surface area contributed by atoms with Crippen LogP contribution in [0.1, 0.15) is 30.6 Å². The topological polar surface area (TPSA) is 50.5 Å². The third kappa shape index (κ3) is 3.25. The van der Waals surface area contributed by atoms with Gasteiger partial charge in [0.25, 0.3) is 0 Å². The largest absolute Gasteiger partial charge is 0.389 e. The van der Waals surface area contributed by atoms with E-state index in [1.807, 2.05) is 12.1 Å². The molecule has 0 aromatic heterocycles. The Morgan fingerprint density at radius 1 is 1.26 bits per heavy atom. The predicted octanol–water partition coefficient (Wildman–Crippen LogP) is 1.75. The number of nitrogens with zero attached hydrogens (tertiary/aromatic N) is 3. The first-order valence-electron chi connectivity index (χ1n) is 6.77. The molecule has 1 saturated heterocycles. The monoisotopic (exact) mass is 259 g/mol. The van der Waals surface area contributed by atoms with Crippen molar-refractivity contribution in [3.05, 3.63) is 29.3 Å². The third-order valence-corrected chi connectivity index (χ3v) is 3.67. The Hall–Kier alpha value is -1.57. The normalized spacial score (nSPS) is 18.7. The summed E-state index contributed by atoms with van der Waals surface area (Å²) in [6, 6.07) is 7.72. The third-order valence-electron chi connectivity index (χ3n) is 3.67. The number of anilines is 1. The van der Waals surface area contributed by atoms with Gasteiger partial charge in [0.2, 0.25) is 0 Å². The summed E-state index contributed by atoms with van der Waals surface area (Å²) < 4.78 is 0. The molecule has 4 nitrogen and oxygen atoms in total. The van der Waals surface area contributed by atoms with Crippen molar-refractivity contribution in [3.8, 4) is 6.07 Å². The minimum Gasteiger partial charge on any atom is -0.389 e. The molecule has 1 aliphatic rings. The van der Waals surface area contributed by atoms with Crippen molar-refractivity contribution in [2.45, 2.75) is 19.4 Å². The molecule has 2 rings (SSSR count). The van der Waals surface area contributed by atoms with E-state index in [-0.39, 0.29) is 0 Å². The van der Waals surface area contributed by atoms with Gasteiger partial charge in [-0.2, -0.15) is 5.26 Å². The smallest absolute Gasteiger partial charge is 0.0992 e. The average molecular weight is 259 g/mol. The lowest BCUT2D eigenvalue weighted by Crippen LogP contribution is -2.29. The number of nitriles is 1. The zero-order valence-corrected chi connectivity index (χ0v) is 11.6. The molecule has 102 valence electrons. The Morgan fingerprint density at radius 2 is 2.05 bits per heavy atom. The first-order valence-corrected chi connectivity index (χ1v) is 6.77. The van der Waals surface area contributed by atoms with E-state index in [1.54, 1.807) is 13.0 Å². The van der Waals surface area contributed by atoms with Gasteiger partial charge in [-0.3, -0.25) is 0 Å². The maximum atomic E-state index is 9.90. The maximum Gasteiger partial charge on any atom is 0.0992 e. The average Bonchev–Trinajstić information content (AvgIpc) is 2.62. The van der Waals surface area contributed by atoms with Gasteiger partial charge in [-0.25, -0.2) is 0 Å². The predicted molar refractivity (Wildman–Crippen MR) is 76.1 cm³/mol. The number of hydrogen-bond donors (Lipinski definition) is 1. The van der Waals surface area contributed by atoms with E-state index in [0.717, 1.165) is 43.9 Å². The summed E-state index contributed by atoms with van der Waals surface area (Å²) in [6.07, 6.45) is 0.593. The van der Waals surface area contributed by atoms with Gasteiger partial charge in [-0.1, -0.05) is 6.07 Å². The first kappa shape index (κ1) is 13.9. The molecule has 0 unspecified atom stereocenters. The lowest BCUT2D eigenvalue weighted by atomic mass is 10.0. The molecule has 0 radical (unpaired) electrons. The fourth-order valence-electron chi connectivity index (χ4n) is 2.53. The molecule has 1 aromatic carbocycles. The summed E-state index contributed by atoms with van der Waals surface area (Å²) >= 11 is 0. The van der Waals surface area contributed by atoms with Crippen LogP contribution in [-0.2, 0) is 0 Å². The molecule has 1 heterocycles. The number of likely N-dealkylation sites (N-methyl/N-ethyl adjacent to an activating group) is 1. The highest BCUT2D eigenvalue weighted by Gasteiger charge is 2.18. The highest BCUT2D eigenvalue weighted by molar-refractivity contribution is 5.58. The molecule has 1 fully saturated rings. The highest BCUT2D eigenvalue weighted by atomic mass is 16.3. The summed E-state index contributed by atoms with van der Waals surface area (Å²) in [4.78, 5) is 4.60. The number of aliphatic hydroxyl groups is 1. The summed E-state index contributed by atoms with van der Waals surface area (Å²) in [6.45, 7) is 5.79. The molecule has 0 bridgehead atoms. The van der Waals surface area contributed by atoms with Crippen LogP contribution in [0.3, 0.4) is 0 Å². The van der Waals surface area contributed by atoms with Crippen LogP contribution in [0.5, 0.6) is 0 Å². The highest BCUT2D eigenvalue weighted by Crippen LogP contribution is 2.28. The SMILES string of the molecule is C[C@H](O)c1ccc(C#N)cc1N1CCCN(C)CC1. The molecule has 1 atom stereocenters. The zero-order valence-electron chi connectivity index (χ0n) is 11.6. The second kappa shape index (κ2) is 6.05. The van der Waals surface area contributed by atoms with Gasteiger partial charge in [-0.05, 0) is 39.1 Å². The molecule has 0 saturated carbocycles. The van der Waals surface area contributed by atoms with Crippen molar-refractivity contribution in [1.29, 1.82) is 5.26 Å². The Kier molecular flexibility index (Phi) is 4.41. The maximum absolute atomic E-state index is 9.90. The van der Waals surface area contributed by atoms with E-state index in [2.05, 4.69) is 22.9 Å². The molecular formula is C15H21N3O. The van der Waals surface area contributed by atoms with Gasteiger partial charge >= 0.3 is 0 Å². The second-order valence-electron chi connectivity index (χ2n) is 5.21. The summed E-state index contributed by atoms with van der Waals surface area (Å²) in [5, 5.41) is 18.9. The summed E-state index contributed by atoms with van der Waals surface area (Å²) in [7, 11) is 2.13. The fourth-order valence-corrected chi connectivity index (χ4v) is 2.53. The van der Waals surface area contributed by atoms with Crippen LogP contribution < -0.4 is 4.90 Å². The quantitative estimate of drug-likeness (QED) is 0.879. The van der Waals surface area contributed by atoms with Gasteiger partial charge < -0.3 is 14.9 Å².